The van der Waals surface area contributed by atoms with Crippen LogP contribution in [0.15, 0.2) is 24.3 Å². The Hall–Kier alpha value is -1.59. The number of carbonyl (C=O) groups excluding carboxylic acids is 1. The molecule has 3 aliphatic rings. The highest BCUT2D eigenvalue weighted by Gasteiger charge is 2.44. The largest absolute Gasteiger partial charge is 0.497 e. The highest BCUT2D eigenvalue weighted by atomic mass is 16.5. The zero-order valence-electron chi connectivity index (χ0n) is 15.8. The molecule has 1 aromatic carbocycles. The maximum absolute atomic E-state index is 12.7. The topological polar surface area (TPSA) is 42.0 Å². The number of piperidine rings is 1. The van der Waals surface area contributed by atoms with E-state index in [2.05, 4.69) is 28.0 Å². The maximum atomic E-state index is 12.7. The number of nitrogens with zero attached hydrogens (tertiary/aromatic N) is 2. The van der Waals surface area contributed by atoms with Gasteiger partial charge in [0.2, 0.25) is 0 Å². The molecule has 3 aliphatic heterocycles. The Morgan fingerprint density at radius 1 is 1.27 bits per heavy atom. The van der Waals surface area contributed by atoms with Crippen LogP contribution in [-0.2, 0) is 16.1 Å². The van der Waals surface area contributed by atoms with E-state index < -0.39 is 0 Å². The van der Waals surface area contributed by atoms with Gasteiger partial charge in [0.15, 0.2) is 0 Å². The predicted molar refractivity (Wildman–Crippen MR) is 100 cm³/mol. The first-order valence-corrected chi connectivity index (χ1v) is 9.93. The van der Waals surface area contributed by atoms with E-state index in [9.17, 15) is 4.79 Å². The molecule has 3 fully saturated rings. The van der Waals surface area contributed by atoms with Crippen LogP contribution in [-0.4, -0.2) is 61.7 Å². The van der Waals surface area contributed by atoms with Crippen molar-refractivity contribution in [2.75, 3.05) is 39.9 Å². The Kier molecular flexibility index (Phi) is 5.18. The fourth-order valence-corrected chi connectivity index (χ4v) is 4.91. The van der Waals surface area contributed by atoms with Crippen molar-refractivity contribution in [1.29, 1.82) is 0 Å². The van der Waals surface area contributed by atoms with Crippen molar-refractivity contribution in [2.45, 2.75) is 44.8 Å². The van der Waals surface area contributed by atoms with Crippen LogP contribution >= 0.6 is 0 Å². The highest BCUT2D eigenvalue weighted by molar-refractivity contribution is 5.81. The van der Waals surface area contributed by atoms with Gasteiger partial charge < -0.3 is 14.4 Å². The van der Waals surface area contributed by atoms with Crippen molar-refractivity contribution in [3.8, 4) is 5.75 Å². The van der Waals surface area contributed by atoms with Gasteiger partial charge in [-0.15, -0.1) is 0 Å². The molecule has 0 radical (unpaired) electrons. The number of hydrogen-bond donors (Lipinski definition) is 0. The fraction of sp³-hybridized carbons (Fsp3) is 0.667. The van der Waals surface area contributed by atoms with Crippen LogP contribution in [0.2, 0.25) is 0 Å². The number of amides is 1. The molecular weight excluding hydrogens is 328 g/mol. The van der Waals surface area contributed by atoms with Crippen LogP contribution in [0.25, 0.3) is 0 Å². The van der Waals surface area contributed by atoms with Gasteiger partial charge in [-0.25, -0.2) is 0 Å². The van der Waals surface area contributed by atoms with E-state index in [4.69, 9.17) is 9.47 Å². The monoisotopic (exact) mass is 358 g/mol. The third-order valence-electron chi connectivity index (χ3n) is 6.24. The second-order valence-electron chi connectivity index (χ2n) is 8.18. The van der Waals surface area contributed by atoms with Crippen LogP contribution in [0.1, 0.15) is 37.7 Å². The molecule has 0 saturated carbocycles. The first kappa shape index (κ1) is 17.8. The quantitative estimate of drug-likeness (QED) is 0.830. The zero-order valence-corrected chi connectivity index (χ0v) is 15.8. The summed E-state index contributed by atoms with van der Waals surface area (Å²) in [6.45, 7) is 5.71. The third-order valence-corrected chi connectivity index (χ3v) is 6.24. The van der Waals surface area contributed by atoms with E-state index in [0.29, 0.717) is 0 Å². The Balaban J connectivity index is 1.37. The minimum absolute atomic E-state index is 0.179. The first-order valence-electron chi connectivity index (χ1n) is 9.93. The molecule has 4 rings (SSSR count). The predicted octanol–water partition coefficient (Wildman–Crippen LogP) is 2.69. The molecular formula is C21H30N2O3. The van der Waals surface area contributed by atoms with Crippen molar-refractivity contribution in [3.05, 3.63) is 29.8 Å². The fourth-order valence-electron chi connectivity index (χ4n) is 4.91. The molecule has 1 spiro atoms. The van der Waals surface area contributed by atoms with Crippen LogP contribution in [0, 0.1) is 5.41 Å². The summed E-state index contributed by atoms with van der Waals surface area (Å²) in [5.41, 5.74) is 1.57. The summed E-state index contributed by atoms with van der Waals surface area (Å²) in [6, 6.07) is 8.35. The number of likely N-dealkylation sites (tertiary alicyclic amines) is 2. The van der Waals surface area contributed by atoms with Crippen molar-refractivity contribution < 1.29 is 14.3 Å². The van der Waals surface area contributed by atoms with Gasteiger partial charge in [0.1, 0.15) is 11.9 Å². The van der Waals surface area contributed by atoms with Crippen LogP contribution in [0.4, 0.5) is 0 Å². The van der Waals surface area contributed by atoms with E-state index in [1.165, 1.54) is 18.4 Å². The Morgan fingerprint density at radius 2 is 2.19 bits per heavy atom. The summed E-state index contributed by atoms with van der Waals surface area (Å²) in [5.74, 6) is 1.15. The van der Waals surface area contributed by atoms with Crippen LogP contribution in [0.3, 0.4) is 0 Å². The molecule has 0 N–H and O–H groups in total. The smallest absolute Gasteiger partial charge is 0.251 e. The normalized spacial score (nSPS) is 29.4. The van der Waals surface area contributed by atoms with Gasteiger partial charge in [0, 0.05) is 38.2 Å². The molecule has 3 saturated heterocycles. The second-order valence-corrected chi connectivity index (χ2v) is 8.18. The summed E-state index contributed by atoms with van der Waals surface area (Å²) in [6.07, 6.45) is 5.30. The van der Waals surface area contributed by atoms with Gasteiger partial charge in [0.05, 0.1) is 7.11 Å². The molecule has 1 aromatic rings. The van der Waals surface area contributed by atoms with E-state index in [0.717, 1.165) is 64.3 Å². The summed E-state index contributed by atoms with van der Waals surface area (Å²) >= 11 is 0. The van der Waals surface area contributed by atoms with Crippen molar-refractivity contribution in [2.24, 2.45) is 5.41 Å². The Bertz CT molecular complexity index is 644. The SMILES string of the molecule is COc1cccc(CN2CCCC3(CCN(C(=O)[C@H]4CCCO4)C3)C2)c1. The highest BCUT2D eigenvalue weighted by Crippen LogP contribution is 2.40. The molecule has 0 bridgehead atoms. The van der Waals surface area contributed by atoms with Crippen LogP contribution < -0.4 is 4.74 Å². The van der Waals surface area contributed by atoms with E-state index in [-0.39, 0.29) is 17.4 Å². The van der Waals surface area contributed by atoms with Crippen molar-refractivity contribution >= 4 is 5.91 Å². The van der Waals surface area contributed by atoms with E-state index in [1.807, 2.05) is 6.07 Å². The van der Waals surface area contributed by atoms with E-state index >= 15 is 0 Å². The number of hydrogen-bond acceptors (Lipinski definition) is 4. The van der Waals surface area contributed by atoms with Crippen molar-refractivity contribution in [3.63, 3.8) is 0 Å². The van der Waals surface area contributed by atoms with Gasteiger partial charge in [-0.1, -0.05) is 12.1 Å². The molecule has 26 heavy (non-hydrogen) atoms. The summed E-state index contributed by atoms with van der Waals surface area (Å²) in [5, 5.41) is 0. The lowest BCUT2D eigenvalue weighted by Crippen LogP contribution is -2.46. The number of benzene rings is 1. The number of carbonyl (C=O) groups is 1. The summed E-state index contributed by atoms with van der Waals surface area (Å²) in [7, 11) is 1.72. The standard InChI is InChI=1S/C21H30N2O3/c1-25-18-6-2-5-17(13-18)14-22-10-4-8-21(15-22)9-11-23(16-21)20(24)19-7-3-12-26-19/h2,5-6,13,19H,3-4,7-12,14-16H2,1H3/t19-,21?/m1/s1. The van der Waals surface area contributed by atoms with Gasteiger partial charge >= 0.3 is 0 Å². The average Bonchev–Trinajstić information content (AvgIpc) is 3.32. The molecule has 1 amide bonds. The molecule has 0 aromatic heterocycles. The molecule has 3 heterocycles. The van der Waals surface area contributed by atoms with Crippen molar-refractivity contribution in [1.82, 2.24) is 9.80 Å². The van der Waals surface area contributed by atoms with E-state index in [1.54, 1.807) is 7.11 Å². The van der Waals surface area contributed by atoms with Crippen LogP contribution in [0.5, 0.6) is 5.75 Å². The number of ether oxygens (including phenoxy) is 2. The molecule has 5 heteroatoms. The third kappa shape index (κ3) is 3.74. The summed E-state index contributed by atoms with van der Waals surface area (Å²) < 4.78 is 11.0. The van der Waals surface area contributed by atoms with Gasteiger partial charge in [-0.05, 0) is 56.3 Å². The lowest BCUT2D eigenvalue weighted by Gasteiger charge is -2.40. The Labute approximate surface area is 156 Å². The van der Waals surface area contributed by atoms with Gasteiger partial charge in [-0.3, -0.25) is 9.69 Å². The number of rotatable bonds is 4. The molecule has 5 nitrogen and oxygen atoms in total. The van der Waals surface area contributed by atoms with Gasteiger partial charge in [0.25, 0.3) is 5.91 Å². The molecule has 2 atom stereocenters. The maximum Gasteiger partial charge on any atom is 0.251 e. The summed E-state index contributed by atoms with van der Waals surface area (Å²) in [4.78, 5) is 17.3. The van der Waals surface area contributed by atoms with Gasteiger partial charge in [-0.2, -0.15) is 0 Å². The Morgan fingerprint density at radius 3 is 3.00 bits per heavy atom. The average molecular weight is 358 g/mol. The minimum atomic E-state index is -0.179. The molecule has 0 aliphatic carbocycles. The molecule has 142 valence electrons. The lowest BCUT2D eigenvalue weighted by molar-refractivity contribution is -0.140. The first-order chi connectivity index (χ1) is 12.7. The second kappa shape index (κ2) is 7.57. The lowest BCUT2D eigenvalue weighted by atomic mass is 9.79. The number of methoxy groups -OCH3 is 1. The molecule has 1 unspecified atom stereocenters. The zero-order chi connectivity index (χ0) is 18.0. The minimum Gasteiger partial charge on any atom is -0.497 e.